The summed E-state index contributed by atoms with van der Waals surface area (Å²) in [6.07, 6.45) is 6.77. The third kappa shape index (κ3) is 3.36. The van der Waals surface area contributed by atoms with Crippen LogP contribution in [0, 0.1) is 11.8 Å². The number of phenols is 1. The maximum atomic E-state index is 10.0. The molecular formula is C30H34N4O. The van der Waals surface area contributed by atoms with Crippen LogP contribution in [0.5, 0.6) is 5.75 Å². The number of rotatable bonds is 3. The number of nitrogens with one attached hydrogen (secondary N) is 2. The van der Waals surface area contributed by atoms with E-state index in [1.807, 2.05) is 12.1 Å². The van der Waals surface area contributed by atoms with E-state index in [1.165, 1.54) is 51.6 Å². The van der Waals surface area contributed by atoms with Crippen LogP contribution in [0.2, 0.25) is 0 Å². The Morgan fingerprint density at radius 1 is 1.09 bits per heavy atom. The number of fused-ring (bicyclic) bond motifs is 7. The van der Waals surface area contributed by atoms with Gasteiger partial charge in [-0.2, -0.15) is 0 Å². The molecule has 3 aliphatic rings. The number of likely N-dealkylation sites (N-methyl/N-ethyl adjacent to an activating group) is 1. The predicted molar refractivity (Wildman–Crippen MR) is 142 cm³/mol. The Bertz CT molecular complexity index is 1430. The first kappa shape index (κ1) is 21.3. The number of para-hydroxylation sites is 1. The molecule has 0 amide bonds. The van der Waals surface area contributed by atoms with Gasteiger partial charge in [0, 0.05) is 65.3 Å². The van der Waals surface area contributed by atoms with Crippen LogP contribution < -0.4 is 0 Å². The van der Waals surface area contributed by atoms with E-state index in [9.17, 15) is 5.11 Å². The highest BCUT2D eigenvalue weighted by atomic mass is 16.3. The minimum Gasteiger partial charge on any atom is -0.508 e. The summed E-state index contributed by atoms with van der Waals surface area (Å²) in [5.74, 6) is 1.46. The molecule has 0 spiro atoms. The molecule has 180 valence electrons. The molecule has 0 aliphatic carbocycles. The molecule has 0 radical (unpaired) electrons. The minimum absolute atomic E-state index is 0.344. The highest BCUT2D eigenvalue weighted by molar-refractivity contribution is 5.86. The number of H-pyrrole nitrogens is 2. The second-order valence-corrected chi connectivity index (χ2v) is 11.0. The van der Waals surface area contributed by atoms with E-state index in [0.717, 1.165) is 38.0 Å². The van der Waals surface area contributed by atoms with E-state index in [-0.39, 0.29) is 0 Å². The van der Waals surface area contributed by atoms with Crippen LogP contribution in [-0.4, -0.2) is 51.1 Å². The van der Waals surface area contributed by atoms with E-state index in [1.54, 1.807) is 6.07 Å². The van der Waals surface area contributed by atoms with Gasteiger partial charge in [-0.15, -0.1) is 6.58 Å². The molecule has 4 atom stereocenters. The summed E-state index contributed by atoms with van der Waals surface area (Å²) < 4.78 is 0. The number of nitrogens with zero attached hydrogens (tertiary/aromatic N) is 2. The zero-order valence-electron chi connectivity index (χ0n) is 20.4. The average molecular weight is 467 g/mol. The summed E-state index contributed by atoms with van der Waals surface area (Å²) in [6.45, 7) is 7.41. The average Bonchev–Trinajstić information content (AvgIpc) is 3.41. The zero-order valence-corrected chi connectivity index (χ0v) is 20.4. The summed E-state index contributed by atoms with van der Waals surface area (Å²) in [5, 5.41) is 12.6. The largest absolute Gasteiger partial charge is 0.508 e. The molecule has 2 aromatic heterocycles. The van der Waals surface area contributed by atoms with Crippen LogP contribution in [-0.2, 0) is 19.4 Å². The number of phenolic OH excluding ortho intramolecular Hbond substituents is 1. The molecule has 0 bridgehead atoms. The third-order valence-electron chi connectivity index (χ3n) is 9.18. The van der Waals surface area contributed by atoms with Crippen molar-refractivity contribution >= 4 is 21.8 Å². The maximum Gasteiger partial charge on any atom is 0.116 e. The first-order valence-electron chi connectivity index (χ1n) is 13.1. The van der Waals surface area contributed by atoms with Crippen molar-refractivity contribution in [3.05, 3.63) is 77.6 Å². The summed E-state index contributed by atoms with van der Waals surface area (Å²) in [5.41, 5.74) is 8.10. The van der Waals surface area contributed by atoms with Crippen molar-refractivity contribution < 1.29 is 5.11 Å². The fourth-order valence-corrected chi connectivity index (χ4v) is 7.29. The van der Waals surface area contributed by atoms with E-state index in [0.29, 0.717) is 29.7 Å². The first-order valence-corrected chi connectivity index (χ1v) is 13.1. The van der Waals surface area contributed by atoms with E-state index in [2.05, 4.69) is 63.7 Å². The Labute approximate surface area is 206 Å². The highest BCUT2D eigenvalue weighted by Gasteiger charge is 2.40. The van der Waals surface area contributed by atoms with Gasteiger partial charge >= 0.3 is 0 Å². The second kappa shape index (κ2) is 8.00. The Balaban J connectivity index is 1.18. The fourth-order valence-electron chi connectivity index (χ4n) is 7.29. The molecule has 3 N–H and O–H groups in total. The molecule has 5 heterocycles. The molecule has 7 rings (SSSR count). The van der Waals surface area contributed by atoms with E-state index >= 15 is 0 Å². The topological polar surface area (TPSA) is 58.3 Å². The van der Waals surface area contributed by atoms with Gasteiger partial charge in [-0.3, -0.25) is 9.80 Å². The number of aromatic amines is 2. The Kier molecular flexibility index (Phi) is 4.87. The van der Waals surface area contributed by atoms with Crippen molar-refractivity contribution in [2.75, 3.05) is 20.1 Å². The quantitative estimate of drug-likeness (QED) is 0.348. The van der Waals surface area contributed by atoms with Crippen molar-refractivity contribution in [2.24, 2.45) is 11.8 Å². The molecule has 2 aromatic carbocycles. The van der Waals surface area contributed by atoms with Crippen LogP contribution in [0.15, 0.2) is 55.1 Å². The van der Waals surface area contributed by atoms with Crippen molar-refractivity contribution in [1.29, 1.82) is 0 Å². The van der Waals surface area contributed by atoms with Gasteiger partial charge in [0.05, 0.1) is 6.04 Å². The standard InChI is InChI=1S/C30H34N4O/c1-3-18-16-34-17-25-24-15-21(35)8-9-27(24)31-28(25)14-20(34)12-19(18)13-29-30-23(10-11-33(29)2)22-6-4-5-7-26(22)32-30/h3-9,15,18-20,29,31-32,35H,1,10-14,16-17H2,2H3. The lowest BCUT2D eigenvalue weighted by Crippen LogP contribution is -2.50. The minimum atomic E-state index is 0.344. The lowest BCUT2D eigenvalue weighted by atomic mass is 9.74. The number of piperidine rings is 1. The number of benzene rings is 2. The summed E-state index contributed by atoms with van der Waals surface area (Å²) in [4.78, 5) is 12.7. The van der Waals surface area contributed by atoms with Gasteiger partial charge in [-0.25, -0.2) is 0 Å². The van der Waals surface area contributed by atoms with Gasteiger partial charge in [0.15, 0.2) is 0 Å². The molecule has 4 aromatic rings. The molecule has 35 heavy (non-hydrogen) atoms. The van der Waals surface area contributed by atoms with Crippen LogP contribution in [0.4, 0.5) is 0 Å². The number of hydrogen-bond donors (Lipinski definition) is 3. The molecule has 5 heteroatoms. The second-order valence-electron chi connectivity index (χ2n) is 11.0. The molecule has 1 fully saturated rings. The van der Waals surface area contributed by atoms with E-state index < -0.39 is 0 Å². The molecule has 4 unspecified atom stereocenters. The van der Waals surface area contributed by atoms with Gasteiger partial charge in [0.25, 0.3) is 0 Å². The smallest absolute Gasteiger partial charge is 0.116 e. The van der Waals surface area contributed by atoms with Crippen LogP contribution in [0.25, 0.3) is 21.8 Å². The monoisotopic (exact) mass is 466 g/mol. The van der Waals surface area contributed by atoms with Gasteiger partial charge in [0.1, 0.15) is 5.75 Å². The Morgan fingerprint density at radius 3 is 2.83 bits per heavy atom. The fraction of sp³-hybridized carbons (Fsp3) is 0.400. The predicted octanol–water partition coefficient (Wildman–Crippen LogP) is 5.52. The van der Waals surface area contributed by atoms with Crippen molar-refractivity contribution in [3.63, 3.8) is 0 Å². The lowest BCUT2D eigenvalue weighted by Gasteiger charge is -2.47. The van der Waals surface area contributed by atoms with E-state index in [4.69, 9.17) is 0 Å². The highest BCUT2D eigenvalue weighted by Crippen LogP contribution is 2.44. The third-order valence-corrected chi connectivity index (χ3v) is 9.18. The van der Waals surface area contributed by atoms with Crippen molar-refractivity contribution in [2.45, 2.75) is 44.3 Å². The number of aromatic nitrogens is 2. The van der Waals surface area contributed by atoms with Gasteiger partial charge < -0.3 is 15.1 Å². The Hall–Kier alpha value is -3.02. The molecule has 5 nitrogen and oxygen atoms in total. The van der Waals surface area contributed by atoms with Crippen molar-refractivity contribution in [1.82, 2.24) is 19.8 Å². The SMILES string of the molecule is C=CC1CN2Cc3c([nH]c4ccc(O)cc34)CC2CC1CC1c2[nH]c3ccccc3c2CCN1C. The van der Waals surface area contributed by atoms with Crippen molar-refractivity contribution in [3.8, 4) is 5.75 Å². The van der Waals surface area contributed by atoms with Crippen LogP contribution in [0.1, 0.15) is 41.4 Å². The van der Waals surface area contributed by atoms with Crippen LogP contribution in [0.3, 0.4) is 0 Å². The molecule has 1 saturated heterocycles. The number of hydrogen-bond acceptors (Lipinski definition) is 3. The number of aromatic hydroxyl groups is 1. The molecule has 0 saturated carbocycles. The summed E-state index contributed by atoms with van der Waals surface area (Å²) in [6, 6.07) is 15.5. The lowest BCUT2D eigenvalue weighted by molar-refractivity contribution is 0.0471. The molecule has 3 aliphatic heterocycles. The summed E-state index contributed by atoms with van der Waals surface area (Å²) in [7, 11) is 2.30. The van der Waals surface area contributed by atoms with Gasteiger partial charge in [-0.1, -0.05) is 24.3 Å². The molecular weight excluding hydrogens is 432 g/mol. The normalized spacial score (nSPS) is 27.0. The van der Waals surface area contributed by atoms with Gasteiger partial charge in [-0.05, 0) is 73.5 Å². The first-order chi connectivity index (χ1) is 17.1. The Morgan fingerprint density at radius 2 is 1.94 bits per heavy atom. The maximum absolute atomic E-state index is 10.0. The van der Waals surface area contributed by atoms with Gasteiger partial charge in [0.2, 0.25) is 0 Å². The van der Waals surface area contributed by atoms with Crippen LogP contribution >= 0.6 is 0 Å². The zero-order chi connectivity index (χ0) is 23.7. The summed E-state index contributed by atoms with van der Waals surface area (Å²) >= 11 is 0.